The van der Waals surface area contributed by atoms with Crippen molar-refractivity contribution in [2.24, 2.45) is 0 Å². The van der Waals surface area contributed by atoms with Gasteiger partial charge in [-0.25, -0.2) is 4.98 Å². The van der Waals surface area contributed by atoms with Crippen molar-refractivity contribution in [2.75, 3.05) is 26.2 Å². The molecule has 1 unspecified atom stereocenters. The van der Waals surface area contributed by atoms with Gasteiger partial charge >= 0.3 is 12.4 Å². The third kappa shape index (κ3) is 6.89. The van der Waals surface area contributed by atoms with E-state index in [1.165, 1.54) is 4.90 Å². The van der Waals surface area contributed by atoms with Crippen molar-refractivity contribution in [1.29, 1.82) is 0 Å². The van der Waals surface area contributed by atoms with Crippen LogP contribution in [-0.4, -0.2) is 69.5 Å². The molecule has 2 amide bonds. The SMILES string of the molecule is O=C(c1cnccc1C(F)(F)F)N1CCCC(Oc2ccc(C(F)(F)F)cc2)(C(=O)N2CCC(Oc3ccccn3)CC2)C1. The third-order valence-electron chi connectivity index (χ3n) is 7.64. The fraction of sp³-hybridized carbons (Fsp3) is 0.400. The number of likely N-dealkylation sites (tertiary alicyclic amines) is 2. The number of halogens is 6. The van der Waals surface area contributed by atoms with Crippen LogP contribution in [0.2, 0.25) is 0 Å². The number of alkyl halides is 6. The summed E-state index contributed by atoms with van der Waals surface area (Å²) < 4.78 is 92.6. The lowest BCUT2D eigenvalue weighted by molar-refractivity contribution is -0.154. The number of carbonyl (C=O) groups is 2. The maximum Gasteiger partial charge on any atom is 0.417 e. The van der Waals surface area contributed by atoms with E-state index in [0.717, 1.165) is 41.6 Å². The van der Waals surface area contributed by atoms with Crippen molar-refractivity contribution < 1.29 is 45.4 Å². The highest BCUT2D eigenvalue weighted by Crippen LogP contribution is 2.36. The Bertz CT molecular complexity index is 1460. The number of aromatic nitrogens is 2. The van der Waals surface area contributed by atoms with E-state index in [2.05, 4.69) is 9.97 Å². The summed E-state index contributed by atoms with van der Waals surface area (Å²) in [6.07, 6.45) is -5.12. The van der Waals surface area contributed by atoms with Crippen molar-refractivity contribution in [1.82, 2.24) is 19.8 Å². The second-order valence-corrected chi connectivity index (χ2v) is 10.6. The second-order valence-electron chi connectivity index (χ2n) is 10.6. The van der Waals surface area contributed by atoms with Gasteiger partial charge in [-0.15, -0.1) is 0 Å². The molecule has 2 aliphatic heterocycles. The molecule has 2 fully saturated rings. The van der Waals surface area contributed by atoms with Crippen LogP contribution in [-0.2, 0) is 17.1 Å². The van der Waals surface area contributed by atoms with Gasteiger partial charge in [0.1, 0.15) is 11.9 Å². The summed E-state index contributed by atoms with van der Waals surface area (Å²) in [5.41, 5.74) is -4.52. The smallest absolute Gasteiger partial charge is 0.417 e. The molecule has 0 saturated carbocycles. The van der Waals surface area contributed by atoms with E-state index in [0.29, 0.717) is 24.8 Å². The van der Waals surface area contributed by atoms with E-state index in [-0.39, 0.29) is 44.3 Å². The molecular formula is C30H28F6N4O4. The lowest BCUT2D eigenvalue weighted by atomic mass is 9.89. The molecule has 8 nitrogen and oxygen atoms in total. The first-order valence-corrected chi connectivity index (χ1v) is 13.9. The molecule has 2 saturated heterocycles. The molecule has 0 radical (unpaired) electrons. The Morgan fingerprint density at radius 3 is 2.23 bits per heavy atom. The first-order valence-electron chi connectivity index (χ1n) is 13.9. The zero-order valence-electron chi connectivity index (χ0n) is 23.3. The minimum absolute atomic E-state index is 0.0381. The van der Waals surface area contributed by atoms with Crippen LogP contribution in [0.4, 0.5) is 26.3 Å². The number of rotatable bonds is 6. The van der Waals surface area contributed by atoms with Gasteiger partial charge in [0.05, 0.1) is 23.2 Å². The molecule has 0 aliphatic carbocycles. The van der Waals surface area contributed by atoms with E-state index in [1.807, 2.05) is 0 Å². The van der Waals surface area contributed by atoms with Crippen LogP contribution in [0.25, 0.3) is 0 Å². The Balaban J connectivity index is 1.40. The average molecular weight is 623 g/mol. The van der Waals surface area contributed by atoms with Crippen LogP contribution in [0.5, 0.6) is 11.6 Å². The Hall–Kier alpha value is -4.36. The van der Waals surface area contributed by atoms with Crippen LogP contribution in [0, 0.1) is 0 Å². The Labute approximate surface area is 248 Å². The highest BCUT2D eigenvalue weighted by Gasteiger charge is 2.49. The summed E-state index contributed by atoms with van der Waals surface area (Å²) in [5, 5.41) is 0. The molecule has 234 valence electrons. The van der Waals surface area contributed by atoms with Crippen molar-refractivity contribution in [3.63, 3.8) is 0 Å². The van der Waals surface area contributed by atoms with Crippen LogP contribution in [0.3, 0.4) is 0 Å². The molecule has 14 heteroatoms. The minimum atomic E-state index is -4.82. The Morgan fingerprint density at radius 2 is 1.59 bits per heavy atom. The predicted octanol–water partition coefficient (Wildman–Crippen LogP) is 5.64. The molecule has 2 aromatic heterocycles. The van der Waals surface area contributed by atoms with Gasteiger partial charge < -0.3 is 19.3 Å². The summed E-state index contributed by atoms with van der Waals surface area (Å²) >= 11 is 0. The number of hydrogen-bond acceptors (Lipinski definition) is 6. The van der Waals surface area contributed by atoms with Gasteiger partial charge in [0, 0.05) is 57.1 Å². The molecule has 0 N–H and O–H groups in total. The van der Waals surface area contributed by atoms with Gasteiger partial charge in [-0.1, -0.05) is 6.07 Å². The molecule has 1 atom stereocenters. The topological polar surface area (TPSA) is 84.9 Å². The van der Waals surface area contributed by atoms with E-state index in [9.17, 15) is 35.9 Å². The van der Waals surface area contributed by atoms with Crippen molar-refractivity contribution in [3.05, 3.63) is 83.8 Å². The fourth-order valence-electron chi connectivity index (χ4n) is 5.47. The molecule has 0 bridgehead atoms. The quantitative estimate of drug-likeness (QED) is 0.331. The third-order valence-corrected chi connectivity index (χ3v) is 7.64. The van der Waals surface area contributed by atoms with Crippen LogP contribution in [0.1, 0.15) is 47.2 Å². The molecule has 4 heterocycles. The van der Waals surface area contributed by atoms with E-state index in [1.54, 1.807) is 24.4 Å². The predicted molar refractivity (Wildman–Crippen MR) is 144 cm³/mol. The summed E-state index contributed by atoms with van der Waals surface area (Å²) in [7, 11) is 0. The molecule has 5 rings (SSSR count). The van der Waals surface area contributed by atoms with Crippen molar-refractivity contribution in [2.45, 2.75) is 49.7 Å². The lowest BCUT2D eigenvalue weighted by Gasteiger charge is -2.45. The van der Waals surface area contributed by atoms with Crippen molar-refractivity contribution in [3.8, 4) is 11.6 Å². The van der Waals surface area contributed by atoms with Crippen LogP contribution >= 0.6 is 0 Å². The number of hydrogen-bond donors (Lipinski definition) is 0. The van der Waals surface area contributed by atoms with Crippen molar-refractivity contribution >= 4 is 11.8 Å². The zero-order valence-corrected chi connectivity index (χ0v) is 23.3. The van der Waals surface area contributed by atoms with Gasteiger partial charge in [0.2, 0.25) is 11.5 Å². The average Bonchev–Trinajstić information content (AvgIpc) is 3.01. The van der Waals surface area contributed by atoms with E-state index >= 15 is 0 Å². The highest BCUT2D eigenvalue weighted by atomic mass is 19.4. The summed E-state index contributed by atoms with van der Waals surface area (Å²) in [5.74, 6) is -1.12. The molecule has 44 heavy (non-hydrogen) atoms. The second kappa shape index (κ2) is 12.3. The molecule has 1 aromatic carbocycles. The number of amides is 2. The molecule has 2 aliphatic rings. The largest absolute Gasteiger partial charge is 0.476 e. The number of benzene rings is 1. The van der Waals surface area contributed by atoms with Gasteiger partial charge in [-0.3, -0.25) is 14.6 Å². The van der Waals surface area contributed by atoms with E-state index in [4.69, 9.17) is 9.47 Å². The van der Waals surface area contributed by atoms with Crippen LogP contribution in [0.15, 0.2) is 67.1 Å². The standard InChI is InChI=1S/C30H28F6N4O4/c31-29(32,33)20-5-7-22(8-6-20)44-28(27(42)39-16-10-21(11-17-39)43-25-4-1-2-13-38-25)12-3-15-40(19-28)26(41)23-18-37-14-9-24(23)30(34,35)36/h1-2,4-9,13-14,18,21H,3,10-12,15-17,19H2. The summed E-state index contributed by atoms with van der Waals surface area (Å²) in [4.78, 5) is 38.0. The summed E-state index contributed by atoms with van der Waals surface area (Å²) in [6.45, 7) is 0.130. The monoisotopic (exact) mass is 622 g/mol. The number of nitrogens with zero attached hydrogens (tertiary/aromatic N) is 4. The minimum Gasteiger partial charge on any atom is -0.476 e. The molecule has 0 spiro atoms. The maximum absolute atomic E-state index is 14.1. The maximum atomic E-state index is 14.1. The number of piperidine rings is 2. The zero-order chi connectivity index (χ0) is 31.5. The Kier molecular flexibility index (Phi) is 8.71. The number of ether oxygens (including phenoxy) is 2. The number of carbonyl (C=O) groups excluding carboxylic acids is 2. The van der Waals surface area contributed by atoms with Gasteiger partial charge in [-0.05, 0) is 49.2 Å². The van der Waals surface area contributed by atoms with E-state index < -0.39 is 53.0 Å². The van der Waals surface area contributed by atoms with Gasteiger partial charge in [0.25, 0.3) is 11.8 Å². The molecular weight excluding hydrogens is 594 g/mol. The lowest BCUT2D eigenvalue weighted by Crippen LogP contribution is -2.63. The van der Waals surface area contributed by atoms with Gasteiger partial charge in [0.15, 0.2) is 0 Å². The van der Waals surface area contributed by atoms with Gasteiger partial charge in [-0.2, -0.15) is 26.3 Å². The first kappa shape index (κ1) is 31.1. The highest BCUT2D eigenvalue weighted by molar-refractivity contribution is 5.96. The Morgan fingerprint density at radius 1 is 0.864 bits per heavy atom. The number of pyridine rings is 2. The first-order chi connectivity index (χ1) is 20.9. The normalized spacial score (nSPS) is 19.9. The fourth-order valence-corrected chi connectivity index (χ4v) is 5.47. The van der Waals surface area contributed by atoms with Crippen LogP contribution < -0.4 is 9.47 Å². The molecule has 3 aromatic rings. The summed E-state index contributed by atoms with van der Waals surface area (Å²) in [6, 6.07) is 9.72.